The summed E-state index contributed by atoms with van der Waals surface area (Å²) in [6.07, 6.45) is -0.611. The molecule has 2 aromatic rings. The fraction of sp³-hybridized carbons (Fsp3) is 0.444. The van der Waals surface area contributed by atoms with Crippen LogP contribution >= 0.6 is 0 Å². The van der Waals surface area contributed by atoms with Crippen LogP contribution in [-0.4, -0.2) is 48.3 Å². The van der Waals surface area contributed by atoms with Crippen LogP contribution in [-0.2, 0) is 20.9 Å². The van der Waals surface area contributed by atoms with Crippen LogP contribution < -0.4 is 15.8 Å². The molecule has 0 aliphatic heterocycles. The largest absolute Gasteiger partial charge is 0.497 e. The van der Waals surface area contributed by atoms with Crippen molar-refractivity contribution in [2.24, 2.45) is 5.73 Å². The molecule has 0 radical (unpaired) electrons. The molecule has 2 rings (SSSR count). The second-order valence-electron chi connectivity index (χ2n) is 9.39. The number of methoxy groups -OCH3 is 1. The zero-order valence-electron chi connectivity index (χ0n) is 21.7. The molecule has 2 aromatic carbocycles. The average molecular weight is 500 g/mol. The first kappa shape index (κ1) is 28.5. The number of carbonyl (C=O) groups excluding carboxylic acids is 3. The van der Waals surface area contributed by atoms with Gasteiger partial charge in [-0.2, -0.15) is 0 Å². The summed E-state index contributed by atoms with van der Waals surface area (Å²) in [4.78, 5) is 39.1. The van der Waals surface area contributed by atoms with Crippen LogP contribution in [0.4, 0.5) is 9.59 Å². The van der Waals surface area contributed by atoms with Crippen molar-refractivity contribution in [3.63, 3.8) is 0 Å². The summed E-state index contributed by atoms with van der Waals surface area (Å²) in [7, 11) is 1.56. The molecule has 0 aromatic heterocycles. The highest BCUT2D eigenvalue weighted by molar-refractivity contribution is 5.84. The lowest BCUT2D eigenvalue weighted by atomic mass is 10.0. The highest BCUT2D eigenvalue weighted by Crippen LogP contribution is 2.29. The smallest absolute Gasteiger partial charge is 0.411 e. The van der Waals surface area contributed by atoms with E-state index in [4.69, 9.17) is 19.9 Å². The second kappa shape index (κ2) is 13.4. The van der Waals surface area contributed by atoms with Crippen molar-refractivity contribution in [1.29, 1.82) is 0 Å². The van der Waals surface area contributed by atoms with Gasteiger partial charge in [0.2, 0.25) is 5.91 Å². The Morgan fingerprint density at radius 1 is 1.06 bits per heavy atom. The van der Waals surface area contributed by atoms with Gasteiger partial charge < -0.3 is 25.3 Å². The number of amides is 3. The van der Waals surface area contributed by atoms with Gasteiger partial charge in [0.05, 0.1) is 13.2 Å². The van der Waals surface area contributed by atoms with Gasteiger partial charge in [-0.3, -0.25) is 9.69 Å². The van der Waals surface area contributed by atoms with E-state index >= 15 is 0 Å². The molecule has 0 unspecified atom stereocenters. The molecular formula is C27H37N3O6. The Labute approximate surface area is 212 Å². The maximum atomic E-state index is 13.2. The van der Waals surface area contributed by atoms with Crippen LogP contribution in [0.5, 0.6) is 5.75 Å². The van der Waals surface area contributed by atoms with Crippen molar-refractivity contribution in [2.45, 2.75) is 64.8 Å². The van der Waals surface area contributed by atoms with E-state index in [1.165, 1.54) is 4.90 Å². The molecule has 0 aliphatic rings. The van der Waals surface area contributed by atoms with E-state index in [2.05, 4.69) is 5.32 Å². The van der Waals surface area contributed by atoms with Crippen LogP contribution in [0.2, 0.25) is 0 Å². The Hall–Kier alpha value is -3.75. The van der Waals surface area contributed by atoms with E-state index in [0.29, 0.717) is 12.2 Å². The normalized spacial score (nSPS) is 12.7. The number of primary amides is 1. The fourth-order valence-electron chi connectivity index (χ4n) is 3.61. The third-order valence-electron chi connectivity index (χ3n) is 5.40. The molecule has 9 heteroatoms. The van der Waals surface area contributed by atoms with Gasteiger partial charge in [-0.05, 0) is 63.8 Å². The number of benzene rings is 2. The quantitative estimate of drug-likeness (QED) is 0.438. The summed E-state index contributed by atoms with van der Waals surface area (Å²) >= 11 is 0. The van der Waals surface area contributed by atoms with E-state index in [1.54, 1.807) is 46.9 Å². The third-order valence-corrected chi connectivity index (χ3v) is 5.40. The Morgan fingerprint density at radius 3 is 2.36 bits per heavy atom. The van der Waals surface area contributed by atoms with Gasteiger partial charge in [0.15, 0.2) is 0 Å². The molecule has 196 valence electrons. The number of rotatable bonds is 11. The Morgan fingerprint density at radius 2 is 1.75 bits per heavy atom. The molecule has 3 N–H and O–H groups in total. The molecule has 0 spiro atoms. The monoisotopic (exact) mass is 499 g/mol. The Bertz CT molecular complexity index is 1010. The van der Waals surface area contributed by atoms with E-state index in [9.17, 15) is 14.4 Å². The highest BCUT2D eigenvalue weighted by Gasteiger charge is 2.35. The van der Waals surface area contributed by atoms with Gasteiger partial charge in [0.1, 0.15) is 24.0 Å². The molecule has 0 bridgehead atoms. The number of nitrogens with one attached hydrogen (secondary N) is 1. The van der Waals surface area contributed by atoms with Gasteiger partial charge in [0, 0.05) is 6.54 Å². The SMILES string of the molecule is COc1cccc([C@@H](C)N(C(=O)OC(C)(C)C)[C@H](CCCNC(=O)OCc2ccccc2)C(N)=O)c1. The van der Waals surface area contributed by atoms with Crippen molar-refractivity contribution in [2.75, 3.05) is 13.7 Å². The van der Waals surface area contributed by atoms with Crippen LogP contribution in [0.25, 0.3) is 0 Å². The summed E-state index contributed by atoms with van der Waals surface area (Å²) in [6.45, 7) is 7.46. The number of nitrogens with zero attached hydrogens (tertiary/aromatic N) is 1. The number of alkyl carbamates (subject to hydrolysis) is 1. The maximum absolute atomic E-state index is 13.2. The van der Waals surface area contributed by atoms with Crippen LogP contribution in [0.1, 0.15) is 57.7 Å². The third kappa shape index (κ3) is 9.13. The molecule has 0 fully saturated rings. The van der Waals surface area contributed by atoms with Crippen LogP contribution in [0.3, 0.4) is 0 Å². The van der Waals surface area contributed by atoms with Crippen LogP contribution in [0.15, 0.2) is 54.6 Å². The molecule has 9 nitrogen and oxygen atoms in total. The van der Waals surface area contributed by atoms with Crippen molar-refractivity contribution >= 4 is 18.1 Å². The number of hydrogen-bond acceptors (Lipinski definition) is 6. The molecular weight excluding hydrogens is 462 g/mol. The molecule has 0 aliphatic carbocycles. The van der Waals surface area contributed by atoms with Crippen molar-refractivity contribution in [1.82, 2.24) is 10.2 Å². The predicted octanol–water partition coefficient (Wildman–Crippen LogP) is 4.55. The van der Waals surface area contributed by atoms with Gasteiger partial charge in [-0.1, -0.05) is 42.5 Å². The summed E-state index contributed by atoms with van der Waals surface area (Å²) in [5.41, 5.74) is 6.61. The summed E-state index contributed by atoms with van der Waals surface area (Å²) in [5, 5.41) is 2.67. The topological polar surface area (TPSA) is 120 Å². The zero-order valence-corrected chi connectivity index (χ0v) is 21.7. The first-order valence-electron chi connectivity index (χ1n) is 11.9. The minimum Gasteiger partial charge on any atom is -0.497 e. The first-order chi connectivity index (χ1) is 17.0. The highest BCUT2D eigenvalue weighted by atomic mass is 16.6. The van der Waals surface area contributed by atoms with Gasteiger partial charge in [-0.25, -0.2) is 9.59 Å². The minimum atomic E-state index is -0.955. The lowest BCUT2D eigenvalue weighted by Crippen LogP contribution is -2.50. The van der Waals surface area contributed by atoms with E-state index in [-0.39, 0.29) is 19.6 Å². The van der Waals surface area contributed by atoms with Crippen LogP contribution in [0, 0.1) is 0 Å². The Kier molecular flexibility index (Phi) is 10.6. The average Bonchev–Trinajstić information content (AvgIpc) is 2.83. The molecule has 36 heavy (non-hydrogen) atoms. The second-order valence-corrected chi connectivity index (χ2v) is 9.39. The van der Waals surface area contributed by atoms with Crippen molar-refractivity contribution in [3.8, 4) is 5.75 Å². The summed E-state index contributed by atoms with van der Waals surface area (Å²) in [5.74, 6) is -0.0420. The summed E-state index contributed by atoms with van der Waals surface area (Å²) in [6, 6.07) is 15.1. The fourth-order valence-corrected chi connectivity index (χ4v) is 3.61. The molecule has 2 atom stereocenters. The van der Waals surface area contributed by atoms with E-state index < -0.39 is 35.8 Å². The van der Waals surface area contributed by atoms with Gasteiger partial charge in [0.25, 0.3) is 0 Å². The lowest BCUT2D eigenvalue weighted by molar-refractivity contribution is -0.124. The van der Waals surface area contributed by atoms with Crippen molar-refractivity contribution < 1.29 is 28.6 Å². The standard InChI is InChI=1S/C27H37N3O6/c1-19(21-13-9-14-22(17-21)34-5)30(26(33)36-27(2,3)4)23(24(28)31)15-10-16-29-25(32)35-18-20-11-7-6-8-12-20/h6-9,11-14,17,19,23H,10,15-16,18H2,1-5H3,(H2,28,31)(H,29,32)/t19-,23-/m1/s1. The van der Waals surface area contributed by atoms with Crippen molar-refractivity contribution in [3.05, 3.63) is 65.7 Å². The molecule has 0 heterocycles. The molecule has 0 saturated heterocycles. The zero-order chi connectivity index (χ0) is 26.7. The van der Waals surface area contributed by atoms with E-state index in [1.807, 2.05) is 42.5 Å². The molecule has 0 saturated carbocycles. The Balaban J connectivity index is 2.07. The number of carbonyl (C=O) groups is 3. The molecule has 3 amide bonds. The number of hydrogen-bond donors (Lipinski definition) is 2. The lowest BCUT2D eigenvalue weighted by Gasteiger charge is -2.36. The minimum absolute atomic E-state index is 0.154. The predicted molar refractivity (Wildman–Crippen MR) is 136 cm³/mol. The number of nitrogens with two attached hydrogens (primary N) is 1. The van der Waals surface area contributed by atoms with Gasteiger partial charge >= 0.3 is 12.2 Å². The number of ether oxygens (including phenoxy) is 3. The first-order valence-corrected chi connectivity index (χ1v) is 11.9. The summed E-state index contributed by atoms with van der Waals surface area (Å²) < 4.78 is 16.1. The van der Waals surface area contributed by atoms with E-state index in [0.717, 1.165) is 11.1 Å². The van der Waals surface area contributed by atoms with Gasteiger partial charge in [-0.15, -0.1) is 0 Å². The maximum Gasteiger partial charge on any atom is 0.411 e.